The predicted octanol–water partition coefficient (Wildman–Crippen LogP) is 4.57. The second-order valence-electron chi connectivity index (χ2n) is 8.86. The highest BCUT2D eigenvalue weighted by molar-refractivity contribution is 7.99. The lowest BCUT2D eigenvalue weighted by molar-refractivity contribution is -0.128. The summed E-state index contributed by atoms with van der Waals surface area (Å²) in [5.41, 5.74) is 4.80. The third kappa shape index (κ3) is 6.15. The molecule has 2 aromatic carbocycles. The number of allylic oxidation sites excluding steroid dienone is 1. The molecule has 1 saturated heterocycles. The van der Waals surface area contributed by atoms with Crippen LogP contribution < -0.4 is 0 Å². The van der Waals surface area contributed by atoms with E-state index in [0.29, 0.717) is 12.3 Å². The number of rotatable bonds is 8. The Kier molecular flexibility index (Phi) is 8.19. The van der Waals surface area contributed by atoms with Gasteiger partial charge in [0.1, 0.15) is 0 Å². The van der Waals surface area contributed by atoms with Crippen molar-refractivity contribution in [2.24, 2.45) is 0 Å². The highest BCUT2D eigenvalue weighted by Gasteiger charge is 2.21. The van der Waals surface area contributed by atoms with Crippen molar-refractivity contribution in [3.05, 3.63) is 77.9 Å². The van der Waals surface area contributed by atoms with Crippen LogP contribution in [-0.2, 0) is 17.9 Å². The Hall–Kier alpha value is -2.90. The lowest BCUT2D eigenvalue weighted by Crippen LogP contribution is -2.36. The zero-order chi connectivity index (χ0) is 23.9. The Morgan fingerprint density at radius 2 is 1.85 bits per heavy atom. The highest BCUT2D eigenvalue weighted by atomic mass is 32.2. The molecule has 3 aromatic rings. The van der Waals surface area contributed by atoms with E-state index < -0.39 is 0 Å². The zero-order valence-corrected chi connectivity index (χ0v) is 20.9. The van der Waals surface area contributed by atoms with Crippen molar-refractivity contribution < 1.29 is 4.79 Å². The molecule has 1 aliphatic heterocycles. The first-order chi connectivity index (χ1) is 16.5. The van der Waals surface area contributed by atoms with Gasteiger partial charge in [-0.1, -0.05) is 71.4 Å². The van der Waals surface area contributed by atoms with Crippen molar-refractivity contribution in [1.82, 2.24) is 24.6 Å². The molecule has 0 unspecified atom stereocenters. The monoisotopic (exact) mass is 475 g/mol. The first-order valence-electron chi connectivity index (χ1n) is 11.8. The topological polar surface area (TPSA) is 54.3 Å². The number of carbonyl (C=O) groups excluding carboxylic acids is 1. The molecule has 6 nitrogen and oxygen atoms in total. The number of aryl methyl sites for hydroxylation is 2. The molecular weight excluding hydrogens is 442 g/mol. The van der Waals surface area contributed by atoms with E-state index in [1.54, 1.807) is 0 Å². The lowest BCUT2D eigenvalue weighted by Gasteiger charge is -2.22. The zero-order valence-electron chi connectivity index (χ0n) is 20.1. The fourth-order valence-corrected chi connectivity index (χ4v) is 5.09. The molecule has 1 aromatic heterocycles. The molecule has 4 rings (SSSR count). The standard InChI is InChI=1S/C27H33N5OS/c1-4-13-32-26(24-8-5-7-22(3)18-24)28-29-27(32)34-20-25(33)31-15-6-14-30(16-17-31)19-23-11-9-21(2)10-12-23/h4-5,7-12,18H,1,6,13-17,19-20H2,2-3H3. The van der Waals surface area contributed by atoms with Crippen molar-refractivity contribution in [3.8, 4) is 11.4 Å². The Morgan fingerprint density at radius 3 is 2.62 bits per heavy atom. The van der Waals surface area contributed by atoms with Crippen molar-refractivity contribution in [2.75, 3.05) is 31.9 Å². The molecule has 1 fully saturated rings. The molecule has 0 aliphatic carbocycles. The molecule has 0 N–H and O–H groups in total. The molecule has 1 aliphatic rings. The molecule has 0 atom stereocenters. The number of hydrogen-bond acceptors (Lipinski definition) is 5. The molecule has 1 amide bonds. The largest absolute Gasteiger partial charge is 0.341 e. The van der Waals surface area contributed by atoms with Crippen LogP contribution in [0.5, 0.6) is 0 Å². The van der Waals surface area contributed by atoms with Gasteiger partial charge >= 0.3 is 0 Å². The average Bonchev–Trinajstić information content (AvgIpc) is 3.08. The van der Waals surface area contributed by atoms with Crippen LogP contribution >= 0.6 is 11.8 Å². The second kappa shape index (κ2) is 11.5. The van der Waals surface area contributed by atoms with Gasteiger partial charge in [0.15, 0.2) is 11.0 Å². The summed E-state index contributed by atoms with van der Waals surface area (Å²) < 4.78 is 2.03. The van der Waals surface area contributed by atoms with Crippen molar-refractivity contribution in [2.45, 2.75) is 38.5 Å². The number of carbonyl (C=O) groups is 1. The van der Waals surface area contributed by atoms with Crippen LogP contribution in [0, 0.1) is 13.8 Å². The van der Waals surface area contributed by atoms with E-state index in [1.165, 1.54) is 28.5 Å². The normalized spacial score (nSPS) is 14.7. The molecule has 2 heterocycles. The molecule has 7 heteroatoms. The van der Waals surface area contributed by atoms with Crippen LogP contribution in [0.25, 0.3) is 11.4 Å². The Labute approximate surface area is 206 Å². The SMILES string of the molecule is C=CCn1c(SCC(=O)N2CCCN(Cc3ccc(C)cc3)CC2)nnc1-c1cccc(C)c1. The minimum absolute atomic E-state index is 0.160. The van der Waals surface area contributed by atoms with Gasteiger partial charge in [-0.25, -0.2) is 0 Å². The molecule has 0 radical (unpaired) electrons. The van der Waals surface area contributed by atoms with Crippen LogP contribution in [0.3, 0.4) is 0 Å². The smallest absolute Gasteiger partial charge is 0.233 e. The summed E-state index contributed by atoms with van der Waals surface area (Å²) in [5.74, 6) is 1.33. The summed E-state index contributed by atoms with van der Waals surface area (Å²) in [6.45, 7) is 13.1. The first kappa shape index (κ1) is 24.2. The molecule has 178 valence electrons. The molecule has 0 bridgehead atoms. The second-order valence-corrected chi connectivity index (χ2v) is 9.80. The number of aromatic nitrogens is 3. The van der Waals surface area contributed by atoms with Gasteiger partial charge < -0.3 is 4.90 Å². The number of amides is 1. The van der Waals surface area contributed by atoms with E-state index in [-0.39, 0.29) is 5.91 Å². The van der Waals surface area contributed by atoms with E-state index >= 15 is 0 Å². The highest BCUT2D eigenvalue weighted by Crippen LogP contribution is 2.25. The van der Waals surface area contributed by atoms with Gasteiger partial charge in [-0.15, -0.1) is 16.8 Å². The fraction of sp³-hybridized carbons (Fsp3) is 0.370. The van der Waals surface area contributed by atoms with E-state index in [9.17, 15) is 4.79 Å². The first-order valence-corrected chi connectivity index (χ1v) is 12.8. The number of benzene rings is 2. The number of thioether (sulfide) groups is 1. The Balaban J connectivity index is 1.35. The van der Waals surface area contributed by atoms with Crippen molar-refractivity contribution in [3.63, 3.8) is 0 Å². The number of hydrogen-bond donors (Lipinski definition) is 0. The third-order valence-corrected chi connectivity index (χ3v) is 7.05. The predicted molar refractivity (Wildman–Crippen MR) is 139 cm³/mol. The summed E-state index contributed by atoms with van der Waals surface area (Å²) >= 11 is 1.46. The third-order valence-electron chi connectivity index (χ3n) is 6.10. The van der Waals surface area contributed by atoms with Gasteiger partial charge in [0.05, 0.1) is 5.75 Å². The van der Waals surface area contributed by atoms with E-state index in [1.807, 2.05) is 27.7 Å². The van der Waals surface area contributed by atoms with Crippen molar-refractivity contribution >= 4 is 17.7 Å². The Morgan fingerprint density at radius 1 is 1.03 bits per heavy atom. The molecule has 34 heavy (non-hydrogen) atoms. The van der Waals surface area contributed by atoms with Crippen LogP contribution in [0.2, 0.25) is 0 Å². The van der Waals surface area contributed by atoms with Gasteiger partial charge in [-0.3, -0.25) is 14.3 Å². The van der Waals surface area contributed by atoms with Crippen molar-refractivity contribution in [1.29, 1.82) is 0 Å². The average molecular weight is 476 g/mol. The minimum atomic E-state index is 0.160. The van der Waals surface area contributed by atoms with Crippen LogP contribution in [-0.4, -0.2) is 62.4 Å². The summed E-state index contributed by atoms with van der Waals surface area (Å²) in [4.78, 5) is 17.5. The summed E-state index contributed by atoms with van der Waals surface area (Å²) in [6.07, 6.45) is 2.83. The van der Waals surface area contributed by atoms with E-state index in [2.05, 4.69) is 71.9 Å². The number of nitrogens with zero attached hydrogens (tertiary/aromatic N) is 5. The van der Waals surface area contributed by atoms with Crippen LogP contribution in [0.15, 0.2) is 66.3 Å². The van der Waals surface area contributed by atoms with Gasteiger partial charge in [-0.05, 0) is 31.9 Å². The summed E-state index contributed by atoms with van der Waals surface area (Å²) in [5, 5.41) is 9.56. The quantitative estimate of drug-likeness (QED) is 0.353. The molecular formula is C27H33N5OS. The lowest BCUT2D eigenvalue weighted by atomic mass is 10.1. The fourth-order valence-electron chi connectivity index (χ4n) is 4.23. The van der Waals surface area contributed by atoms with Gasteiger partial charge in [0.25, 0.3) is 0 Å². The maximum Gasteiger partial charge on any atom is 0.233 e. The van der Waals surface area contributed by atoms with Gasteiger partial charge in [-0.2, -0.15) is 0 Å². The maximum absolute atomic E-state index is 13.0. The molecule has 0 spiro atoms. The van der Waals surface area contributed by atoms with Crippen LogP contribution in [0.1, 0.15) is 23.1 Å². The van der Waals surface area contributed by atoms with Crippen LogP contribution in [0.4, 0.5) is 0 Å². The summed E-state index contributed by atoms with van der Waals surface area (Å²) in [6, 6.07) is 16.9. The van der Waals surface area contributed by atoms with E-state index in [4.69, 9.17) is 0 Å². The van der Waals surface area contributed by atoms with Gasteiger partial charge in [0.2, 0.25) is 5.91 Å². The molecule has 0 saturated carbocycles. The van der Waals surface area contributed by atoms with E-state index in [0.717, 1.165) is 55.7 Å². The minimum Gasteiger partial charge on any atom is -0.341 e. The van der Waals surface area contributed by atoms with Gasteiger partial charge in [0, 0.05) is 44.8 Å². The maximum atomic E-state index is 13.0. The Bertz CT molecular complexity index is 1120. The summed E-state index contributed by atoms with van der Waals surface area (Å²) in [7, 11) is 0.